The quantitative estimate of drug-likeness (QED) is 0.254. The molecule has 1 rings (SSSR count). The Hall–Kier alpha value is -0.0148. The summed E-state index contributed by atoms with van der Waals surface area (Å²) in [5.74, 6) is 1.47. The van der Waals surface area contributed by atoms with Crippen LogP contribution in [-0.2, 0) is 21.1 Å². The summed E-state index contributed by atoms with van der Waals surface area (Å²) in [5.41, 5.74) is 11.9. The van der Waals surface area contributed by atoms with Crippen LogP contribution in [0.3, 0.4) is 0 Å². The van der Waals surface area contributed by atoms with Crippen molar-refractivity contribution in [1.82, 2.24) is 0 Å². The van der Waals surface area contributed by atoms with E-state index in [2.05, 4.69) is 88.5 Å². The molecule has 0 N–H and O–H groups in total. The first-order chi connectivity index (χ1) is 9.55. The van der Waals surface area contributed by atoms with Crippen LogP contribution in [0.15, 0.2) is 22.3 Å². The normalized spacial score (nSPS) is 14.7. The Bertz CT molecular complexity index is 339. The first-order valence-corrected chi connectivity index (χ1v) is 11.3. The van der Waals surface area contributed by atoms with E-state index in [1.807, 2.05) is 0 Å². The van der Waals surface area contributed by atoms with E-state index in [1.54, 1.807) is 0 Å². The van der Waals surface area contributed by atoms with Crippen molar-refractivity contribution >= 4 is 8.07 Å². The molecule has 1 aliphatic carbocycles. The average molecular weight is 507 g/mol. The predicted octanol–water partition coefficient (Wildman–Crippen LogP) is 7.15. The monoisotopic (exact) mass is 507 g/mol. The Morgan fingerprint density at radius 2 is 0.913 bits per heavy atom. The van der Waals surface area contributed by atoms with Gasteiger partial charge in [-0.2, -0.15) is 5.41 Å². The van der Waals surface area contributed by atoms with Gasteiger partial charge < -0.3 is 24.0 Å². The maximum absolute atomic E-state index is 7.25. The van der Waals surface area contributed by atoms with Crippen molar-refractivity contribution in [2.45, 2.75) is 75.0 Å². The molecule has 4 heteroatoms. The van der Waals surface area contributed by atoms with Crippen LogP contribution in [0.5, 0.6) is 0 Å². The fourth-order valence-electron chi connectivity index (χ4n) is 1.41. The van der Waals surface area contributed by atoms with Crippen LogP contribution in [0.1, 0.15) is 55.4 Å². The van der Waals surface area contributed by atoms with Gasteiger partial charge in [0.05, 0.1) is 0 Å². The second kappa shape index (κ2) is 13.3. The third-order valence-corrected chi connectivity index (χ3v) is 2.81. The molecule has 23 heavy (non-hydrogen) atoms. The van der Waals surface area contributed by atoms with Gasteiger partial charge in [0.25, 0.3) is 0 Å². The zero-order valence-corrected chi connectivity index (χ0v) is 21.1. The molecule has 0 saturated heterocycles. The number of nitrogens with zero attached hydrogens (tertiary/aromatic N) is 1. The van der Waals surface area contributed by atoms with Crippen molar-refractivity contribution in [1.29, 1.82) is 0 Å². The topological polar surface area (TPSA) is 39.4 Å². The van der Waals surface area contributed by atoms with E-state index in [4.69, 9.17) is 10.5 Å². The summed E-state index contributed by atoms with van der Waals surface area (Å²) in [7, 11) is -0.861. The van der Waals surface area contributed by atoms with E-state index in [9.17, 15) is 0 Å². The molecule has 0 aromatic carbocycles. The Balaban J connectivity index is -0.000000120. The number of hydrogen-bond donors (Lipinski definition) is 0. The standard InChI is InChI=1S/C10H15.C5H11.C4H11Si.NO.W/c1-6-7(2)9(4)10(5)8(6)3;2*1-5(2,3)4;1-2;/h1-5H3;2*1H2,2-4H3;;/q;3*-1;. The molecule has 0 heterocycles. The van der Waals surface area contributed by atoms with Gasteiger partial charge in [-0.1, -0.05) is 58.5 Å². The summed E-state index contributed by atoms with van der Waals surface area (Å²) in [5, 5.41) is 0. The molecule has 0 spiro atoms. The van der Waals surface area contributed by atoms with Crippen molar-refractivity contribution in [2.75, 3.05) is 0 Å². The third-order valence-electron chi connectivity index (χ3n) is 2.81. The van der Waals surface area contributed by atoms with Crippen molar-refractivity contribution in [3.8, 4) is 0 Å². The summed E-state index contributed by atoms with van der Waals surface area (Å²) in [6.45, 7) is 31.6. The van der Waals surface area contributed by atoms with Gasteiger partial charge in [-0.05, 0) is 38.8 Å². The van der Waals surface area contributed by atoms with E-state index >= 15 is 0 Å². The summed E-state index contributed by atoms with van der Waals surface area (Å²) in [6.07, 6.45) is 0. The molecule has 0 atom stereocenters. The van der Waals surface area contributed by atoms with Gasteiger partial charge in [-0.3, -0.25) is 0 Å². The largest absolute Gasteiger partial charge is 0.577 e. The number of hydrogen-bond acceptors (Lipinski definition) is 1. The summed E-state index contributed by atoms with van der Waals surface area (Å²) in [4.78, 5) is 7.25. The van der Waals surface area contributed by atoms with Crippen LogP contribution in [0.25, 0.3) is 5.59 Å². The molecule has 0 aromatic rings. The Morgan fingerprint density at radius 3 is 0.957 bits per heavy atom. The summed E-state index contributed by atoms with van der Waals surface area (Å²) in [6, 6.07) is 0. The molecule has 1 aliphatic rings. The van der Waals surface area contributed by atoms with E-state index in [0.717, 1.165) is 0 Å². The molecule has 0 saturated carbocycles. The zero-order valence-electron chi connectivity index (χ0n) is 17.2. The molecule has 0 fully saturated rings. The van der Waals surface area contributed by atoms with Gasteiger partial charge in [0.2, 0.25) is 0 Å². The molecule has 1 radical (unpaired) electrons. The van der Waals surface area contributed by atoms with Gasteiger partial charge in [-0.25, -0.2) is 0 Å². The molecule has 137 valence electrons. The molecule has 0 bridgehead atoms. The molecule has 0 amide bonds. The Morgan fingerprint density at radius 1 is 0.783 bits per heavy atom. The van der Waals surface area contributed by atoms with E-state index < -0.39 is 8.07 Å². The smallest absolute Gasteiger partial charge is 0.0226 e. The van der Waals surface area contributed by atoms with E-state index in [0.29, 0.717) is 0 Å². The van der Waals surface area contributed by atoms with Crippen molar-refractivity contribution in [3.63, 3.8) is 0 Å². The fraction of sp³-hybridized carbons (Fsp3) is 0.632. The number of rotatable bonds is 0. The zero-order chi connectivity index (χ0) is 18.9. The summed E-state index contributed by atoms with van der Waals surface area (Å²) < 4.78 is 0. The third kappa shape index (κ3) is 22.0. The number of nitroso groups, excluding NO2 is 1. The molecule has 0 aromatic heterocycles. The van der Waals surface area contributed by atoms with Crippen molar-refractivity contribution in [2.24, 2.45) is 5.41 Å². The molecule has 0 aliphatic heterocycles. The van der Waals surface area contributed by atoms with Crippen LogP contribution >= 0.6 is 0 Å². The second-order valence-electron chi connectivity index (χ2n) is 8.25. The first-order valence-electron chi connectivity index (χ1n) is 7.64. The first kappa shape index (κ1) is 30.8. The molecular formula is C19H37NOSiW-3. The van der Waals surface area contributed by atoms with Crippen molar-refractivity contribution < 1.29 is 21.1 Å². The van der Waals surface area contributed by atoms with Gasteiger partial charge >= 0.3 is 0 Å². The van der Waals surface area contributed by atoms with Crippen LogP contribution in [0, 0.1) is 29.7 Å². The Kier molecular flexibility index (Phi) is 17.8. The van der Waals surface area contributed by atoms with E-state index in [-0.39, 0.29) is 26.5 Å². The minimum absolute atomic E-state index is 0. The molecule has 0 unspecified atom stereocenters. The maximum Gasteiger partial charge on any atom is 0.0226 e. The summed E-state index contributed by atoms with van der Waals surface area (Å²) >= 11 is 0. The molecule has 2 nitrogen and oxygen atoms in total. The number of allylic oxidation sites excluding steroid dienone is 4. The van der Waals surface area contributed by atoms with Crippen LogP contribution in [0.4, 0.5) is 0 Å². The minimum Gasteiger partial charge on any atom is -0.577 e. The van der Waals surface area contributed by atoms with Crippen LogP contribution < -0.4 is 0 Å². The average Bonchev–Trinajstić information content (AvgIpc) is 2.46. The van der Waals surface area contributed by atoms with Crippen molar-refractivity contribution in [3.05, 3.63) is 52.2 Å². The van der Waals surface area contributed by atoms with Gasteiger partial charge in [-0.15, -0.1) is 8.07 Å². The maximum atomic E-state index is 7.25. The van der Waals surface area contributed by atoms with Crippen LogP contribution in [-0.4, -0.2) is 8.07 Å². The minimum atomic E-state index is -0.861. The van der Waals surface area contributed by atoms with Gasteiger partial charge in [0, 0.05) is 27.0 Å². The molecular weight excluding hydrogens is 470 g/mol. The second-order valence-corrected chi connectivity index (χ2v) is 13.4. The van der Waals surface area contributed by atoms with Gasteiger partial charge in [0.15, 0.2) is 0 Å². The van der Waals surface area contributed by atoms with Gasteiger partial charge in [0.1, 0.15) is 0 Å². The predicted molar refractivity (Wildman–Crippen MR) is 106 cm³/mol. The van der Waals surface area contributed by atoms with E-state index in [1.165, 1.54) is 28.2 Å². The fourth-order valence-corrected chi connectivity index (χ4v) is 1.41. The van der Waals surface area contributed by atoms with Crippen LogP contribution in [0.2, 0.25) is 19.6 Å². The SMILES string of the molecule is C[C]1C(C)=C(C)C(C)=C1C.[CH2-]C(C)(C)C.[CH2-][Si](C)(C)C.[N-]=O.[W]. The Labute approximate surface area is 161 Å².